The topological polar surface area (TPSA) is 182 Å². The molecule has 2 aliphatic heterocycles. The van der Waals surface area contributed by atoms with E-state index in [9.17, 15) is 22.1 Å². The number of ketones is 1. The Bertz CT molecular complexity index is 434. The zero-order chi connectivity index (χ0) is 22.0. The van der Waals surface area contributed by atoms with Crippen molar-refractivity contribution in [1.82, 2.24) is 4.90 Å². The minimum Gasteiger partial charge on any atom is -0.398 e. The maximum absolute atomic E-state index is 11.0. The van der Waals surface area contributed by atoms with Crippen molar-refractivity contribution < 1.29 is 62.2 Å². The molecule has 0 amide bonds. The monoisotopic (exact) mass is 403 g/mol. The average Bonchev–Trinajstić information content (AvgIpc) is 2.44. The molecule has 10 nitrogen and oxygen atoms in total. The zero-order valence-electron chi connectivity index (χ0n) is 13.6. The Morgan fingerprint density at radius 3 is 1.52 bits per heavy atom. The Morgan fingerprint density at radius 2 is 1.15 bits per heavy atom. The minimum atomic E-state index is -2.67. The van der Waals surface area contributed by atoms with Gasteiger partial charge in [-0.15, -0.1) is 0 Å². The van der Waals surface area contributed by atoms with Gasteiger partial charge in [-0.1, -0.05) is 12.2 Å². The second-order valence-corrected chi connectivity index (χ2v) is 3.94. The highest BCUT2D eigenvalue weighted by Gasteiger charge is 2.15. The van der Waals surface area contributed by atoms with Crippen molar-refractivity contribution in [3.05, 3.63) is 36.2 Å². The van der Waals surface area contributed by atoms with E-state index in [4.69, 9.17) is 40.2 Å². The van der Waals surface area contributed by atoms with Crippen LogP contribution in [0.25, 0.3) is 0 Å². The molecular formula is C9H17B4F4NO9. The summed E-state index contributed by atoms with van der Waals surface area (Å²) in [5.74, 6) is 0.286. The van der Waals surface area contributed by atoms with Crippen LogP contribution in [0.1, 0.15) is 6.42 Å². The summed E-state index contributed by atoms with van der Waals surface area (Å²) in [5, 5.41) is 55.6. The van der Waals surface area contributed by atoms with E-state index in [0.717, 1.165) is 5.70 Å². The molecule has 0 aromatic rings. The van der Waals surface area contributed by atoms with E-state index in [-0.39, 0.29) is 5.78 Å². The number of Topliss-reactive ketones (excluding diaryl/α,β-unsaturated/α-hetero) is 1. The molecule has 2 aliphatic rings. The number of allylic oxidation sites excluding steroid dienone is 4. The molecule has 0 bridgehead atoms. The van der Waals surface area contributed by atoms with Crippen molar-refractivity contribution in [1.29, 1.82) is 0 Å². The molecule has 2 heterocycles. The number of carbonyl (C=O) groups is 1. The van der Waals surface area contributed by atoms with Crippen molar-refractivity contribution in [3.63, 3.8) is 0 Å². The first kappa shape index (κ1) is 30.1. The molecule has 8 N–H and O–H groups in total. The maximum atomic E-state index is 11.0. The molecule has 0 spiro atoms. The van der Waals surface area contributed by atoms with Gasteiger partial charge in [0.1, 0.15) is 0 Å². The van der Waals surface area contributed by atoms with Gasteiger partial charge in [-0.3, -0.25) is 22.1 Å². The van der Waals surface area contributed by atoms with E-state index >= 15 is 0 Å². The Morgan fingerprint density at radius 1 is 0.778 bits per heavy atom. The van der Waals surface area contributed by atoms with Crippen LogP contribution in [0.4, 0.5) is 17.3 Å². The van der Waals surface area contributed by atoms with Gasteiger partial charge in [0.15, 0.2) is 5.78 Å². The van der Waals surface area contributed by atoms with Crippen molar-refractivity contribution in [2.45, 2.75) is 6.42 Å². The van der Waals surface area contributed by atoms with E-state index in [1.807, 2.05) is 35.4 Å². The summed E-state index contributed by atoms with van der Waals surface area (Å²) in [4.78, 5) is 12.9. The normalized spacial score (nSPS) is 12.8. The van der Waals surface area contributed by atoms with Crippen molar-refractivity contribution in [2.75, 3.05) is 6.54 Å². The largest absolute Gasteiger partial charge is 0.674 e. The van der Waals surface area contributed by atoms with Crippen molar-refractivity contribution >= 4 is 35.4 Å². The second-order valence-electron chi connectivity index (χ2n) is 3.94. The van der Waals surface area contributed by atoms with E-state index in [0.29, 0.717) is 13.0 Å². The van der Waals surface area contributed by atoms with Crippen LogP contribution in [0, 0.1) is 0 Å². The fourth-order valence-corrected chi connectivity index (χ4v) is 1.29. The van der Waals surface area contributed by atoms with Crippen LogP contribution in [-0.4, -0.2) is 87.0 Å². The number of nitrogens with zero attached hydrogens (tertiary/aromatic N) is 1. The Hall–Kier alpha value is -1.65. The van der Waals surface area contributed by atoms with E-state index < -0.39 is 29.6 Å². The highest BCUT2D eigenvalue weighted by molar-refractivity contribution is 6.32. The first-order valence-corrected chi connectivity index (χ1v) is 6.63. The molecule has 0 unspecified atom stereocenters. The molecule has 18 heteroatoms. The summed E-state index contributed by atoms with van der Waals surface area (Å²) in [5.41, 5.74) is 1.15. The molecule has 0 aromatic heterocycles. The van der Waals surface area contributed by atoms with Crippen molar-refractivity contribution in [3.8, 4) is 0 Å². The van der Waals surface area contributed by atoms with Crippen LogP contribution in [0.3, 0.4) is 0 Å². The third-order valence-electron chi connectivity index (χ3n) is 1.86. The Labute approximate surface area is 152 Å². The number of halogens is 4. The standard InChI is InChI=1S/C9H9NO.4BFH2O2/c11-9-5-4-8-3-1-2-6-10(8)7-9;4*2-1(3)4/h1-4,6H,5,7H2;4*3-4H. The van der Waals surface area contributed by atoms with Gasteiger partial charge in [-0.25, -0.2) is 0 Å². The molecule has 0 saturated carbocycles. The van der Waals surface area contributed by atoms with Crippen LogP contribution in [-0.2, 0) is 4.79 Å². The molecule has 0 fully saturated rings. The van der Waals surface area contributed by atoms with E-state index in [1.54, 1.807) is 0 Å². The number of fused-ring (bicyclic) bond motifs is 1. The smallest absolute Gasteiger partial charge is 0.398 e. The first-order valence-electron chi connectivity index (χ1n) is 6.63. The average molecular weight is 402 g/mol. The fraction of sp³-hybridized carbons (Fsp3) is 0.222. The third kappa shape index (κ3) is 36.1. The summed E-state index contributed by atoms with van der Waals surface area (Å²) < 4.78 is 40.4. The van der Waals surface area contributed by atoms with E-state index in [2.05, 4.69) is 0 Å². The van der Waals surface area contributed by atoms with Gasteiger partial charge in [-0.2, -0.15) is 0 Å². The molecule has 2 rings (SSSR count). The highest BCUT2D eigenvalue weighted by Crippen LogP contribution is 2.16. The quantitative estimate of drug-likeness (QED) is 0.153. The number of carbonyl (C=O) groups excluding carboxylic acids is 1. The van der Waals surface area contributed by atoms with Crippen LogP contribution in [0.5, 0.6) is 0 Å². The van der Waals surface area contributed by atoms with Gasteiger partial charge < -0.3 is 45.1 Å². The van der Waals surface area contributed by atoms with Crippen LogP contribution in [0.15, 0.2) is 36.2 Å². The lowest BCUT2D eigenvalue weighted by Crippen LogP contribution is -2.28. The van der Waals surface area contributed by atoms with E-state index in [1.165, 1.54) is 0 Å². The predicted molar refractivity (Wildman–Crippen MR) is 87.9 cm³/mol. The molecule has 27 heavy (non-hydrogen) atoms. The summed E-state index contributed by atoms with van der Waals surface area (Å²) in [6.07, 6.45) is 10.4. The van der Waals surface area contributed by atoms with Gasteiger partial charge in [0.2, 0.25) is 0 Å². The molecule has 0 saturated heterocycles. The van der Waals surface area contributed by atoms with Crippen LogP contribution >= 0.6 is 0 Å². The van der Waals surface area contributed by atoms with Gasteiger partial charge in [-0.05, 0) is 12.2 Å². The Kier molecular flexibility index (Phi) is 21.3. The van der Waals surface area contributed by atoms with Gasteiger partial charge >= 0.3 is 29.6 Å². The lowest BCUT2D eigenvalue weighted by molar-refractivity contribution is -0.119. The molecule has 0 atom stereocenters. The molecule has 0 aromatic carbocycles. The highest BCUT2D eigenvalue weighted by atomic mass is 19.1. The first-order chi connectivity index (χ1) is 12.3. The van der Waals surface area contributed by atoms with Crippen LogP contribution in [0.2, 0.25) is 0 Å². The lowest BCUT2D eigenvalue weighted by Gasteiger charge is -2.25. The summed E-state index contributed by atoms with van der Waals surface area (Å²) in [6.45, 7) is 0.534. The zero-order valence-corrected chi connectivity index (χ0v) is 13.6. The summed E-state index contributed by atoms with van der Waals surface area (Å²) in [6, 6.07) is 0. The Balaban J connectivity index is -0.000000305. The minimum absolute atomic E-state index is 0.286. The number of hydrogen-bond acceptors (Lipinski definition) is 10. The number of rotatable bonds is 0. The third-order valence-corrected chi connectivity index (χ3v) is 1.86. The summed E-state index contributed by atoms with van der Waals surface area (Å²) >= 11 is 0. The van der Waals surface area contributed by atoms with Crippen LogP contribution < -0.4 is 0 Å². The second kappa shape index (κ2) is 19.1. The van der Waals surface area contributed by atoms with Gasteiger partial charge in [0.05, 0.1) is 6.54 Å². The number of hydrogen-bond donors (Lipinski definition) is 8. The molecular weight excluding hydrogens is 385 g/mol. The molecule has 0 aliphatic carbocycles. The molecule has 0 radical (unpaired) electrons. The SMILES string of the molecule is O=C1CC=C2C=CC=CN2C1.OB(O)F.OB(O)F.OB(O)F.OB(O)F. The van der Waals surface area contributed by atoms with Gasteiger partial charge in [0, 0.05) is 18.3 Å². The maximum Gasteiger partial charge on any atom is 0.674 e. The summed E-state index contributed by atoms with van der Waals surface area (Å²) in [7, 11) is -10.7. The van der Waals surface area contributed by atoms with Crippen molar-refractivity contribution in [2.24, 2.45) is 0 Å². The molecule has 152 valence electrons. The fourth-order valence-electron chi connectivity index (χ4n) is 1.29. The predicted octanol–water partition coefficient (Wildman–Crippen LogP) is -3.07. The van der Waals surface area contributed by atoms with Gasteiger partial charge in [0.25, 0.3) is 0 Å². The lowest BCUT2D eigenvalue weighted by atomic mass is 10.1.